The Morgan fingerprint density at radius 3 is 2.77 bits per heavy atom. The number of nitrogens with two attached hydrogens (primary N) is 1. The van der Waals surface area contributed by atoms with E-state index in [-0.39, 0.29) is 17.9 Å². The fraction of sp³-hybridized carbons (Fsp3) is 0.889. The molecule has 0 aromatic heterocycles. The normalized spacial score (nSPS) is 29.2. The van der Waals surface area contributed by atoms with Crippen molar-refractivity contribution in [1.82, 2.24) is 5.32 Å². The Balaban J connectivity index is 2.09. The second-order valence-corrected chi connectivity index (χ2v) is 3.87. The van der Waals surface area contributed by atoms with E-state index < -0.39 is 0 Å². The Kier molecular flexibility index (Phi) is 3.69. The molecule has 76 valence electrons. The maximum Gasteiger partial charge on any atom is 0.224 e. The van der Waals surface area contributed by atoms with Gasteiger partial charge in [-0.2, -0.15) is 0 Å². The summed E-state index contributed by atoms with van der Waals surface area (Å²) in [5.74, 6) is 0.373. The van der Waals surface area contributed by atoms with E-state index in [4.69, 9.17) is 10.8 Å². The molecule has 0 heterocycles. The number of hydrogen-bond acceptors (Lipinski definition) is 3. The predicted octanol–water partition coefficient (Wildman–Crippen LogP) is -0.532. The summed E-state index contributed by atoms with van der Waals surface area (Å²) in [7, 11) is 0. The Morgan fingerprint density at radius 2 is 2.31 bits per heavy atom. The maximum absolute atomic E-state index is 11.2. The van der Waals surface area contributed by atoms with Gasteiger partial charge < -0.3 is 16.2 Å². The van der Waals surface area contributed by atoms with E-state index >= 15 is 0 Å². The summed E-state index contributed by atoms with van der Waals surface area (Å²) in [5, 5.41) is 11.8. The van der Waals surface area contributed by atoms with Gasteiger partial charge in [-0.3, -0.25) is 4.79 Å². The lowest BCUT2D eigenvalue weighted by Crippen LogP contribution is -2.41. The molecule has 1 unspecified atom stereocenters. The zero-order valence-electron chi connectivity index (χ0n) is 7.99. The Hall–Kier alpha value is -0.610. The molecule has 0 aromatic carbocycles. The first kappa shape index (κ1) is 10.5. The first-order valence-corrected chi connectivity index (χ1v) is 4.79. The quantitative estimate of drug-likeness (QED) is 0.552. The van der Waals surface area contributed by atoms with Gasteiger partial charge >= 0.3 is 0 Å². The van der Waals surface area contributed by atoms with Crippen LogP contribution in [-0.4, -0.2) is 30.2 Å². The van der Waals surface area contributed by atoms with E-state index in [0.717, 1.165) is 12.8 Å². The first-order valence-electron chi connectivity index (χ1n) is 4.79. The fourth-order valence-corrected chi connectivity index (χ4v) is 1.39. The van der Waals surface area contributed by atoms with Crippen LogP contribution < -0.4 is 11.1 Å². The Bertz CT molecular complexity index is 178. The van der Waals surface area contributed by atoms with Crippen LogP contribution >= 0.6 is 0 Å². The van der Waals surface area contributed by atoms with Gasteiger partial charge in [-0.05, 0) is 18.8 Å². The maximum atomic E-state index is 11.2. The molecule has 1 atom stereocenters. The van der Waals surface area contributed by atoms with Crippen molar-refractivity contribution in [3.8, 4) is 0 Å². The largest absolute Gasteiger partial charge is 0.393 e. The second-order valence-electron chi connectivity index (χ2n) is 3.87. The standard InChI is InChI=1S/C9H18N2O2/c1-6(4-10)9(13)11-5-7-2-8(12)3-7/h6-8,12H,2-5,10H2,1H3,(H,11,13). The molecule has 1 fully saturated rings. The summed E-state index contributed by atoms with van der Waals surface area (Å²) < 4.78 is 0. The van der Waals surface area contributed by atoms with E-state index in [2.05, 4.69) is 5.32 Å². The lowest BCUT2D eigenvalue weighted by Gasteiger charge is -2.31. The van der Waals surface area contributed by atoms with Crippen LogP contribution in [0.25, 0.3) is 0 Å². The molecule has 0 saturated heterocycles. The minimum atomic E-state index is -0.145. The van der Waals surface area contributed by atoms with Gasteiger partial charge in [-0.25, -0.2) is 0 Å². The molecule has 1 aliphatic rings. The SMILES string of the molecule is CC(CN)C(=O)NCC1CC(O)C1. The number of nitrogens with one attached hydrogen (secondary N) is 1. The molecule has 13 heavy (non-hydrogen) atoms. The van der Waals surface area contributed by atoms with Gasteiger partial charge in [-0.15, -0.1) is 0 Å². The lowest BCUT2D eigenvalue weighted by atomic mass is 9.82. The van der Waals surface area contributed by atoms with Crippen molar-refractivity contribution in [3.05, 3.63) is 0 Å². The van der Waals surface area contributed by atoms with Crippen LogP contribution in [0.3, 0.4) is 0 Å². The molecule has 0 aliphatic heterocycles. The number of carbonyl (C=O) groups excluding carboxylic acids is 1. The number of aliphatic hydroxyl groups excluding tert-OH is 1. The van der Waals surface area contributed by atoms with Crippen molar-refractivity contribution < 1.29 is 9.90 Å². The molecule has 4 heteroatoms. The zero-order valence-corrected chi connectivity index (χ0v) is 7.99. The zero-order chi connectivity index (χ0) is 9.84. The molecule has 4 nitrogen and oxygen atoms in total. The number of rotatable bonds is 4. The molecule has 0 radical (unpaired) electrons. The highest BCUT2D eigenvalue weighted by Gasteiger charge is 2.27. The van der Waals surface area contributed by atoms with E-state index in [9.17, 15) is 4.79 Å². The third-order valence-electron chi connectivity index (χ3n) is 2.58. The van der Waals surface area contributed by atoms with Gasteiger partial charge in [0.2, 0.25) is 5.91 Å². The molecular formula is C9H18N2O2. The molecule has 0 spiro atoms. The van der Waals surface area contributed by atoms with Crippen LogP contribution in [0.2, 0.25) is 0 Å². The van der Waals surface area contributed by atoms with Gasteiger partial charge in [0.05, 0.1) is 6.10 Å². The first-order chi connectivity index (χ1) is 6.13. The van der Waals surface area contributed by atoms with Crippen LogP contribution in [0.4, 0.5) is 0 Å². The van der Waals surface area contributed by atoms with Gasteiger partial charge in [0.15, 0.2) is 0 Å². The van der Waals surface area contributed by atoms with Crippen molar-refractivity contribution in [3.63, 3.8) is 0 Å². The third kappa shape index (κ3) is 2.97. The van der Waals surface area contributed by atoms with Crippen molar-refractivity contribution in [2.75, 3.05) is 13.1 Å². The molecule has 0 bridgehead atoms. The van der Waals surface area contributed by atoms with Crippen molar-refractivity contribution >= 4 is 5.91 Å². The highest BCUT2D eigenvalue weighted by Crippen LogP contribution is 2.26. The lowest BCUT2D eigenvalue weighted by molar-refractivity contribution is -0.124. The number of carbonyl (C=O) groups is 1. The molecular weight excluding hydrogens is 168 g/mol. The van der Waals surface area contributed by atoms with E-state index in [1.807, 2.05) is 6.92 Å². The summed E-state index contributed by atoms with van der Waals surface area (Å²) >= 11 is 0. The van der Waals surface area contributed by atoms with Gasteiger partial charge in [0.25, 0.3) is 0 Å². The van der Waals surface area contributed by atoms with Crippen molar-refractivity contribution in [2.45, 2.75) is 25.9 Å². The van der Waals surface area contributed by atoms with Crippen LogP contribution in [-0.2, 0) is 4.79 Å². The minimum absolute atomic E-state index is 0.0175. The number of aliphatic hydroxyl groups is 1. The average Bonchev–Trinajstić information content (AvgIpc) is 2.08. The van der Waals surface area contributed by atoms with Gasteiger partial charge in [0, 0.05) is 19.0 Å². The Labute approximate surface area is 78.5 Å². The topological polar surface area (TPSA) is 75.4 Å². The highest BCUT2D eigenvalue weighted by atomic mass is 16.3. The second kappa shape index (κ2) is 4.58. The predicted molar refractivity (Wildman–Crippen MR) is 50.0 cm³/mol. The van der Waals surface area contributed by atoms with Gasteiger partial charge in [-0.1, -0.05) is 6.92 Å². The monoisotopic (exact) mass is 186 g/mol. The highest BCUT2D eigenvalue weighted by molar-refractivity contribution is 5.78. The summed E-state index contributed by atoms with van der Waals surface area (Å²) in [4.78, 5) is 11.2. The number of hydrogen-bond donors (Lipinski definition) is 3. The summed E-state index contributed by atoms with van der Waals surface area (Å²) in [6.45, 7) is 2.88. The van der Waals surface area contributed by atoms with E-state index in [0.29, 0.717) is 19.0 Å². The molecule has 1 amide bonds. The molecule has 0 aromatic rings. The molecule has 1 saturated carbocycles. The van der Waals surface area contributed by atoms with Gasteiger partial charge in [0.1, 0.15) is 0 Å². The third-order valence-corrected chi connectivity index (χ3v) is 2.58. The minimum Gasteiger partial charge on any atom is -0.393 e. The van der Waals surface area contributed by atoms with Crippen LogP contribution in [0, 0.1) is 11.8 Å². The van der Waals surface area contributed by atoms with Crippen LogP contribution in [0.1, 0.15) is 19.8 Å². The van der Waals surface area contributed by atoms with Crippen LogP contribution in [0.5, 0.6) is 0 Å². The van der Waals surface area contributed by atoms with E-state index in [1.165, 1.54) is 0 Å². The Morgan fingerprint density at radius 1 is 1.69 bits per heavy atom. The summed E-state index contributed by atoms with van der Waals surface area (Å²) in [5.41, 5.74) is 5.35. The molecule has 1 aliphatic carbocycles. The average molecular weight is 186 g/mol. The fourth-order valence-electron chi connectivity index (χ4n) is 1.39. The van der Waals surface area contributed by atoms with Crippen LogP contribution in [0.15, 0.2) is 0 Å². The van der Waals surface area contributed by atoms with E-state index in [1.54, 1.807) is 0 Å². The molecule has 4 N–H and O–H groups in total. The molecule has 1 rings (SSSR count). The van der Waals surface area contributed by atoms with Crippen molar-refractivity contribution in [1.29, 1.82) is 0 Å². The summed E-state index contributed by atoms with van der Waals surface area (Å²) in [6.07, 6.45) is 1.49. The summed E-state index contributed by atoms with van der Waals surface area (Å²) in [6, 6.07) is 0. The van der Waals surface area contributed by atoms with Crippen molar-refractivity contribution in [2.24, 2.45) is 17.6 Å². The number of amides is 1. The smallest absolute Gasteiger partial charge is 0.224 e.